The second-order valence-electron chi connectivity index (χ2n) is 10.2. The third-order valence-corrected chi connectivity index (χ3v) is 7.10. The molecule has 1 aliphatic heterocycles. The van der Waals surface area contributed by atoms with Crippen LogP contribution in [-0.2, 0) is 16.1 Å². The summed E-state index contributed by atoms with van der Waals surface area (Å²) in [5.41, 5.74) is 3.97. The van der Waals surface area contributed by atoms with Crippen molar-refractivity contribution in [2.45, 2.75) is 71.9 Å². The lowest BCUT2D eigenvalue weighted by Gasteiger charge is -2.38. The van der Waals surface area contributed by atoms with Crippen LogP contribution < -0.4 is 0 Å². The Morgan fingerprint density at radius 3 is 2.32 bits per heavy atom. The van der Waals surface area contributed by atoms with E-state index in [0.29, 0.717) is 18.8 Å². The normalized spacial score (nSPS) is 14.5. The third kappa shape index (κ3) is 6.42. The first-order chi connectivity index (χ1) is 18.0. The van der Waals surface area contributed by atoms with Crippen LogP contribution in [0, 0.1) is 5.92 Å². The molecule has 1 fully saturated rings. The average molecular weight is 503 g/mol. The van der Waals surface area contributed by atoms with Crippen molar-refractivity contribution in [2.24, 2.45) is 5.92 Å². The summed E-state index contributed by atoms with van der Waals surface area (Å²) in [6.45, 7) is 8.17. The molecule has 1 aromatic heterocycles. The fraction of sp³-hybridized carbons (Fsp3) is 0.483. The van der Waals surface area contributed by atoms with Crippen LogP contribution in [0.2, 0.25) is 0 Å². The quantitative estimate of drug-likeness (QED) is 0.417. The lowest BCUT2D eigenvalue weighted by Crippen LogP contribution is -2.54. The van der Waals surface area contributed by atoms with Crippen LogP contribution in [-0.4, -0.2) is 61.4 Å². The Morgan fingerprint density at radius 1 is 1.00 bits per heavy atom. The first-order valence-corrected chi connectivity index (χ1v) is 13.5. The molecule has 1 atom stereocenters. The molecule has 8 heteroatoms. The maximum atomic E-state index is 13.7. The van der Waals surface area contributed by atoms with Crippen molar-refractivity contribution in [3.8, 4) is 22.5 Å². The Hall–Kier alpha value is -3.55. The van der Waals surface area contributed by atoms with Gasteiger partial charge in [0.2, 0.25) is 11.8 Å². The zero-order valence-corrected chi connectivity index (χ0v) is 22.2. The zero-order chi connectivity index (χ0) is 26.2. The molecule has 1 N–H and O–H groups in total. The Kier molecular flexibility index (Phi) is 9.04. The van der Waals surface area contributed by atoms with Crippen molar-refractivity contribution in [1.82, 2.24) is 30.4 Å². The van der Waals surface area contributed by atoms with Gasteiger partial charge in [0, 0.05) is 31.6 Å². The summed E-state index contributed by atoms with van der Waals surface area (Å²) in [4.78, 5) is 30.9. The van der Waals surface area contributed by atoms with Gasteiger partial charge in [0.25, 0.3) is 0 Å². The average Bonchev–Trinajstić information content (AvgIpc) is 3.47. The predicted octanol–water partition coefficient (Wildman–Crippen LogP) is 5.09. The molecule has 4 rings (SSSR count). The highest BCUT2D eigenvalue weighted by atomic mass is 16.2. The first kappa shape index (κ1) is 26.5. The predicted molar refractivity (Wildman–Crippen MR) is 144 cm³/mol. The van der Waals surface area contributed by atoms with Gasteiger partial charge in [0.1, 0.15) is 6.04 Å². The van der Waals surface area contributed by atoms with Gasteiger partial charge in [-0.3, -0.25) is 9.59 Å². The molecule has 1 saturated heterocycles. The minimum absolute atomic E-state index is 0.0293. The largest absolute Gasteiger partial charge is 0.341 e. The van der Waals surface area contributed by atoms with Gasteiger partial charge in [-0.05, 0) is 58.7 Å². The van der Waals surface area contributed by atoms with Gasteiger partial charge in [-0.2, -0.15) is 0 Å². The summed E-state index contributed by atoms with van der Waals surface area (Å²) in [6.07, 6.45) is 5.47. The number of tetrazole rings is 1. The van der Waals surface area contributed by atoms with E-state index in [2.05, 4.69) is 39.7 Å². The molecule has 2 heterocycles. The van der Waals surface area contributed by atoms with Gasteiger partial charge in [0.15, 0.2) is 5.82 Å². The van der Waals surface area contributed by atoms with Crippen molar-refractivity contribution in [3.05, 3.63) is 54.1 Å². The monoisotopic (exact) mass is 502 g/mol. The van der Waals surface area contributed by atoms with E-state index < -0.39 is 6.04 Å². The van der Waals surface area contributed by atoms with Crippen molar-refractivity contribution in [3.63, 3.8) is 0 Å². The number of H-pyrrole nitrogens is 1. The number of aromatic nitrogens is 4. The van der Waals surface area contributed by atoms with Crippen molar-refractivity contribution in [2.75, 3.05) is 13.1 Å². The molecule has 0 radical (unpaired) electrons. The molecule has 3 aromatic rings. The van der Waals surface area contributed by atoms with E-state index in [1.165, 1.54) is 0 Å². The van der Waals surface area contributed by atoms with Crippen LogP contribution >= 0.6 is 0 Å². The molecule has 0 unspecified atom stereocenters. The molecule has 2 aromatic carbocycles. The smallest absolute Gasteiger partial charge is 0.245 e. The molecule has 0 saturated carbocycles. The number of unbranched alkanes of at least 4 members (excludes halogenated alkanes) is 1. The minimum atomic E-state index is -0.457. The number of amides is 2. The second kappa shape index (κ2) is 12.6. The van der Waals surface area contributed by atoms with Crippen LogP contribution in [0.15, 0.2) is 48.5 Å². The van der Waals surface area contributed by atoms with E-state index >= 15 is 0 Å². The summed E-state index contributed by atoms with van der Waals surface area (Å²) in [5, 5.41) is 14.3. The lowest BCUT2D eigenvalue weighted by molar-refractivity contribution is -0.149. The van der Waals surface area contributed by atoms with Crippen molar-refractivity contribution < 1.29 is 9.59 Å². The maximum absolute atomic E-state index is 13.7. The molecular weight excluding hydrogens is 464 g/mol. The van der Waals surface area contributed by atoms with Crippen LogP contribution in [0.25, 0.3) is 22.5 Å². The number of piperidine rings is 1. The third-order valence-electron chi connectivity index (χ3n) is 7.10. The number of rotatable bonds is 10. The number of carbonyl (C=O) groups is 2. The van der Waals surface area contributed by atoms with Crippen LogP contribution in [0.1, 0.15) is 64.9 Å². The van der Waals surface area contributed by atoms with E-state index in [9.17, 15) is 9.59 Å². The molecule has 37 heavy (non-hydrogen) atoms. The Bertz CT molecular complexity index is 1150. The zero-order valence-electron chi connectivity index (χ0n) is 22.2. The Morgan fingerprint density at radius 2 is 1.70 bits per heavy atom. The number of hydrogen-bond donors (Lipinski definition) is 1. The number of carbonyl (C=O) groups excluding carboxylic acids is 2. The molecule has 2 amide bonds. The summed E-state index contributed by atoms with van der Waals surface area (Å²) < 4.78 is 0. The van der Waals surface area contributed by atoms with E-state index in [-0.39, 0.29) is 17.7 Å². The standard InChI is InChI=1S/C29H38N6O2/c1-4-5-13-26(36)35(27(21(2)3)29(37)34-18-9-6-10-19-34)20-22-14-16-23(17-15-22)24-11-7-8-12-25(24)28-30-32-33-31-28/h7-8,11-12,14-17,21,27H,4-6,9-10,13,18-20H2,1-3H3,(H,30,31,32,33)/t27-/m0/s1. The highest BCUT2D eigenvalue weighted by molar-refractivity contribution is 5.88. The van der Waals surface area contributed by atoms with Gasteiger partial charge in [0.05, 0.1) is 0 Å². The molecule has 1 aliphatic rings. The molecule has 0 aliphatic carbocycles. The van der Waals surface area contributed by atoms with Crippen LogP contribution in [0.4, 0.5) is 0 Å². The van der Waals surface area contributed by atoms with Gasteiger partial charge >= 0.3 is 0 Å². The van der Waals surface area contributed by atoms with E-state index in [1.807, 2.05) is 60.0 Å². The van der Waals surface area contributed by atoms with E-state index in [4.69, 9.17) is 0 Å². The number of nitrogens with zero attached hydrogens (tertiary/aromatic N) is 5. The summed E-state index contributed by atoms with van der Waals surface area (Å²) in [5.74, 6) is 0.786. The topological polar surface area (TPSA) is 95.1 Å². The SMILES string of the molecule is CCCCC(=O)N(Cc1ccc(-c2ccccc2-c2nnn[nH]2)cc1)[C@H](C(=O)N1CCCCC1)C(C)C. The molecule has 0 spiro atoms. The van der Waals surface area contributed by atoms with E-state index in [1.54, 1.807) is 0 Å². The lowest BCUT2D eigenvalue weighted by atomic mass is 9.96. The number of hydrogen-bond acceptors (Lipinski definition) is 5. The van der Waals surface area contributed by atoms with Gasteiger partial charge in [-0.25, -0.2) is 5.10 Å². The van der Waals surface area contributed by atoms with Crippen LogP contribution in [0.3, 0.4) is 0 Å². The number of benzene rings is 2. The van der Waals surface area contributed by atoms with E-state index in [0.717, 1.165) is 67.4 Å². The summed E-state index contributed by atoms with van der Waals surface area (Å²) >= 11 is 0. The van der Waals surface area contributed by atoms with Crippen LogP contribution in [0.5, 0.6) is 0 Å². The molecular formula is C29H38N6O2. The molecule has 196 valence electrons. The summed E-state index contributed by atoms with van der Waals surface area (Å²) in [6, 6.07) is 15.7. The number of aromatic amines is 1. The summed E-state index contributed by atoms with van der Waals surface area (Å²) in [7, 11) is 0. The second-order valence-corrected chi connectivity index (χ2v) is 10.2. The Labute approximate surface area is 219 Å². The highest BCUT2D eigenvalue weighted by Gasteiger charge is 2.35. The highest BCUT2D eigenvalue weighted by Crippen LogP contribution is 2.30. The van der Waals surface area contributed by atoms with Gasteiger partial charge in [-0.15, -0.1) is 5.10 Å². The first-order valence-electron chi connectivity index (χ1n) is 13.5. The molecule has 8 nitrogen and oxygen atoms in total. The van der Waals surface area contributed by atoms with Crippen molar-refractivity contribution >= 4 is 11.8 Å². The number of likely N-dealkylation sites (tertiary alicyclic amines) is 1. The van der Waals surface area contributed by atoms with Gasteiger partial charge in [-0.1, -0.05) is 75.7 Å². The fourth-order valence-corrected chi connectivity index (χ4v) is 5.09. The maximum Gasteiger partial charge on any atom is 0.245 e. The fourth-order valence-electron chi connectivity index (χ4n) is 5.09. The number of nitrogens with one attached hydrogen (secondary N) is 1. The van der Waals surface area contributed by atoms with Gasteiger partial charge < -0.3 is 9.80 Å². The van der Waals surface area contributed by atoms with Crippen molar-refractivity contribution in [1.29, 1.82) is 0 Å². The Balaban J connectivity index is 1.59. The minimum Gasteiger partial charge on any atom is -0.341 e. The molecule has 0 bridgehead atoms.